The average Bonchev–Trinajstić information content (AvgIpc) is 2.34. The standard InChI is InChI=1S/C7H13NS/c1-2-4-8-7-3-5-9-6-7/h2,7-8H,1,3-6H2. The van der Waals surface area contributed by atoms with E-state index in [0.717, 1.165) is 12.6 Å². The quantitative estimate of drug-likeness (QED) is 0.597. The Labute approximate surface area is 60.9 Å². The Kier molecular flexibility index (Phi) is 3.15. The van der Waals surface area contributed by atoms with Crippen LogP contribution in [0.5, 0.6) is 0 Å². The first-order valence-corrected chi connectivity index (χ1v) is 4.51. The molecule has 0 saturated carbocycles. The monoisotopic (exact) mass is 143 g/mol. The molecule has 1 N–H and O–H groups in total. The van der Waals surface area contributed by atoms with Gasteiger partial charge in [0.2, 0.25) is 0 Å². The van der Waals surface area contributed by atoms with E-state index in [0.29, 0.717) is 0 Å². The zero-order valence-corrected chi connectivity index (χ0v) is 6.41. The summed E-state index contributed by atoms with van der Waals surface area (Å²) >= 11 is 2.04. The van der Waals surface area contributed by atoms with Gasteiger partial charge in [-0.25, -0.2) is 0 Å². The molecule has 0 aromatic rings. The molecule has 9 heavy (non-hydrogen) atoms. The summed E-state index contributed by atoms with van der Waals surface area (Å²) in [7, 11) is 0. The van der Waals surface area contributed by atoms with Crippen LogP contribution >= 0.6 is 11.8 Å². The van der Waals surface area contributed by atoms with Crippen LogP contribution in [0.15, 0.2) is 12.7 Å². The summed E-state index contributed by atoms with van der Waals surface area (Å²) in [5, 5.41) is 3.39. The van der Waals surface area contributed by atoms with Gasteiger partial charge in [-0.15, -0.1) is 6.58 Å². The predicted octanol–water partition coefficient (Wildman–Crippen LogP) is 1.27. The fourth-order valence-corrected chi connectivity index (χ4v) is 2.13. The first-order valence-electron chi connectivity index (χ1n) is 3.35. The minimum Gasteiger partial charge on any atom is -0.310 e. The van der Waals surface area contributed by atoms with Gasteiger partial charge in [-0.05, 0) is 12.2 Å². The summed E-state index contributed by atoms with van der Waals surface area (Å²) in [5.41, 5.74) is 0. The lowest BCUT2D eigenvalue weighted by Crippen LogP contribution is -2.28. The van der Waals surface area contributed by atoms with E-state index in [4.69, 9.17) is 0 Å². The fourth-order valence-electron chi connectivity index (χ4n) is 0.946. The molecule has 0 aromatic heterocycles. The van der Waals surface area contributed by atoms with Gasteiger partial charge < -0.3 is 5.32 Å². The van der Waals surface area contributed by atoms with Crippen LogP contribution in [-0.2, 0) is 0 Å². The van der Waals surface area contributed by atoms with Gasteiger partial charge in [-0.3, -0.25) is 0 Å². The van der Waals surface area contributed by atoms with E-state index < -0.39 is 0 Å². The van der Waals surface area contributed by atoms with Crippen molar-refractivity contribution >= 4 is 11.8 Å². The Bertz CT molecular complexity index is 86.9. The van der Waals surface area contributed by atoms with E-state index in [1.165, 1.54) is 17.9 Å². The largest absolute Gasteiger partial charge is 0.310 e. The van der Waals surface area contributed by atoms with Gasteiger partial charge in [0, 0.05) is 18.3 Å². The minimum absolute atomic E-state index is 0.757. The highest BCUT2D eigenvalue weighted by Gasteiger charge is 2.12. The number of nitrogens with one attached hydrogen (secondary N) is 1. The Hall–Kier alpha value is 0.0500. The normalized spacial score (nSPS) is 26.4. The van der Waals surface area contributed by atoms with Crippen LogP contribution in [0.25, 0.3) is 0 Å². The third kappa shape index (κ3) is 2.41. The number of rotatable bonds is 3. The molecule has 0 bridgehead atoms. The predicted molar refractivity (Wildman–Crippen MR) is 43.9 cm³/mol. The van der Waals surface area contributed by atoms with E-state index in [1.807, 2.05) is 17.8 Å². The molecular formula is C7H13NS. The highest BCUT2D eigenvalue weighted by Crippen LogP contribution is 2.16. The molecule has 0 spiro atoms. The highest BCUT2D eigenvalue weighted by molar-refractivity contribution is 7.99. The van der Waals surface area contributed by atoms with Crippen molar-refractivity contribution in [2.75, 3.05) is 18.1 Å². The van der Waals surface area contributed by atoms with Crippen LogP contribution in [0.2, 0.25) is 0 Å². The van der Waals surface area contributed by atoms with E-state index >= 15 is 0 Å². The first kappa shape index (κ1) is 7.16. The molecule has 1 unspecified atom stereocenters. The highest BCUT2D eigenvalue weighted by atomic mass is 32.2. The summed E-state index contributed by atoms with van der Waals surface area (Å²) in [6.45, 7) is 4.62. The third-order valence-electron chi connectivity index (χ3n) is 1.48. The summed E-state index contributed by atoms with van der Waals surface area (Å²) in [6.07, 6.45) is 3.25. The summed E-state index contributed by atoms with van der Waals surface area (Å²) in [4.78, 5) is 0. The molecular weight excluding hydrogens is 130 g/mol. The smallest absolute Gasteiger partial charge is 0.0169 e. The summed E-state index contributed by atoms with van der Waals surface area (Å²) < 4.78 is 0. The van der Waals surface area contributed by atoms with E-state index in [9.17, 15) is 0 Å². The molecule has 1 atom stereocenters. The van der Waals surface area contributed by atoms with E-state index in [2.05, 4.69) is 11.9 Å². The van der Waals surface area contributed by atoms with Crippen LogP contribution in [0.4, 0.5) is 0 Å². The summed E-state index contributed by atoms with van der Waals surface area (Å²) in [5.74, 6) is 2.61. The molecule has 1 aliphatic heterocycles. The number of thioether (sulfide) groups is 1. The average molecular weight is 143 g/mol. The van der Waals surface area contributed by atoms with Gasteiger partial charge >= 0.3 is 0 Å². The van der Waals surface area contributed by atoms with Crippen LogP contribution in [0, 0.1) is 0 Å². The Balaban J connectivity index is 2.04. The lowest BCUT2D eigenvalue weighted by Gasteiger charge is -2.06. The maximum Gasteiger partial charge on any atom is 0.0169 e. The van der Waals surface area contributed by atoms with Crippen molar-refractivity contribution in [3.8, 4) is 0 Å². The van der Waals surface area contributed by atoms with Gasteiger partial charge in [-0.2, -0.15) is 11.8 Å². The van der Waals surface area contributed by atoms with Crippen molar-refractivity contribution < 1.29 is 0 Å². The molecule has 52 valence electrons. The SMILES string of the molecule is C=CCNC1CCSC1. The van der Waals surface area contributed by atoms with Crippen molar-refractivity contribution in [3.63, 3.8) is 0 Å². The van der Waals surface area contributed by atoms with E-state index in [1.54, 1.807) is 0 Å². The molecule has 0 amide bonds. The van der Waals surface area contributed by atoms with Crippen molar-refractivity contribution in [1.82, 2.24) is 5.32 Å². The maximum atomic E-state index is 3.65. The lowest BCUT2D eigenvalue weighted by atomic mass is 10.3. The van der Waals surface area contributed by atoms with Crippen LogP contribution in [-0.4, -0.2) is 24.1 Å². The first-order chi connectivity index (χ1) is 4.43. The second-order valence-electron chi connectivity index (χ2n) is 2.26. The molecule has 1 fully saturated rings. The van der Waals surface area contributed by atoms with Gasteiger partial charge in [0.05, 0.1) is 0 Å². The topological polar surface area (TPSA) is 12.0 Å². The van der Waals surface area contributed by atoms with Crippen molar-refractivity contribution in [1.29, 1.82) is 0 Å². The Morgan fingerprint density at radius 1 is 1.78 bits per heavy atom. The van der Waals surface area contributed by atoms with Gasteiger partial charge in [0.15, 0.2) is 0 Å². The molecule has 0 radical (unpaired) electrons. The molecule has 1 saturated heterocycles. The van der Waals surface area contributed by atoms with Gasteiger partial charge in [-0.1, -0.05) is 6.08 Å². The molecule has 0 aromatic carbocycles. The van der Waals surface area contributed by atoms with Crippen molar-refractivity contribution in [2.45, 2.75) is 12.5 Å². The zero-order chi connectivity index (χ0) is 6.53. The van der Waals surface area contributed by atoms with Crippen LogP contribution < -0.4 is 5.32 Å². The number of hydrogen-bond donors (Lipinski definition) is 1. The second kappa shape index (κ2) is 3.96. The number of hydrogen-bond acceptors (Lipinski definition) is 2. The molecule has 0 aliphatic carbocycles. The molecule has 1 heterocycles. The van der Waals surface area contributed by atoms with Crippen molar-refractivity contribution in [3.05, 3.63) is 12.7 Å². The molecule has 1 nitrogen and oxygen atoms in total. The summed E-state index contributed by atoms with van der Waals surface area (Å²) in [6, 6.07) is 0.757. The van der Waals surface area contributed by atoms with E-state index in [-0.39, 0.29) is 0 Å². The van der Waals surface area contributed by atoms with Crippen molar-refractivity contribution in [2.24, 2.45) is 0 Å². The molecule has 2 heteroatoms. The minimum atomic E-state index is 0.757. The Morgan fingerprint density at radius 3 is 3.22 bits per heavy atom. The maximum absolute atomic E-state index is 3.65. The van der Waals surface area contributed by atoms with Gasteiger partial charge in [0.1, 0.15) is 0 Å². The second-order valence-corrected chi connectivity index (χ2v) is 3.41. The lowest BCUT2D eigenvalue weighted by molar-refractivity contribution is 0.595. The molecule has 1 rings (SSSR count). The van der Waals surface area contributed by atoms with Crippen LogP contribution in [0.1, 0.15) is 6.42 Å². The third-order valence-corrected chi connectivity index (χ3v) is 2.64. The molecule has 1 aliphatic rings. The van der Waals surface area contributed by atoms with Gasteiger partial charge in [0.25, 0.3) is 0 Å². The fraction of sp³-hybridized carbons (Fsp3) is 0.714. The zero-order valence-electron chi connectivity index (χ0n) is 5.60. The van der Waals surface area contributed by atoms with Crippen LogP contribution in [0.3, 0.4) is 0 Å². The Morgan fingerprint density at radius 2 is 2.67 bits per heavy atom.